The smallest absolute Gasteiger partial charge is 0.159 e. The van der Waals surface area contributed by atoms with E-state index in [0.717, 1.165) is 90.6 Å². The molecular weight excluding hydrogens is 516 g/mol. The minimum Gasteiger partial charge on any atom is -0.378 e. The predicted molar refractivity (Wildman–Crippen MR) is 148 cm³/mol. The fourth-order valence-corrected chi connectivity index (χ4v) is 5.58. The molecule has 0 amide bonds. The number of benzene rings is 1. The highest BCUT2D eigenvalue weighted by atomic mass is 79.9. The summed E-state index contributed by atoms with van der Waals surface area (Å²) in [5, 5.41) is 3.69. The third-order valence-corrected chi connectivity index (χ3v) is 7.80. The molecule has 6 rings (SSSR count). The van der Waals surface area contributed by atoms with Gasteiger partial charge in [0.25, 0.3) is 0 Å². The van der Waals surface area contributed by atoms with Crippen LogP contribution in [0, 0.1) is 0 Å². The van der Waals surface area contributed by atoms with Gasteiger partial charge >= 0.3 is 0 Å². The van der Waals surface area contributed by atoms with E-state index in [1.165, 1.54) is 5.69 Å². The highest BCUT2D eigenvalue weighted by Gasteiger charge is 2.22. The standard InChI is InChI=1S/C27H31BrN8/c1-34-11-9-21(17-34)31-24-23(28)16-30-27-25(24)32-26(33-27)19-5-7-22(8-6-19)36-14-12-35(13-15-36)18-20-4-2-3-10-29-20/h2-8,10,16,21H,9,11-15,17-18H2,1H3,(H2,30,31,32,33)/t21-/m0/s1. The monoisotopic (exact) mass is 546 g/mol. The van der Waals surface area contributed by atoms with E-state index in [1.807, 2.05) is 18.5 Å². The van der Waals surface area contributed by atoms with Gasteiger partial charge in [0.1, 0.15) is 11.3 Å². The van der Waals surface area contributed by atoms with Gasteiger partial charge in [-0.2, -0.15) is 0 Å². The molecule has 36 heavy (non-hydrogen) atoms. The predicted octanol–water partition coefficient (Wildman–Crippen LogP) is 4.22. The maximum atomic E-state index is 4.95. The van der Waals surface area contributed by atoms with E-state index in [4.69, 9.17) is 4.98 Å². The van der Waals surface area contributed by atoms with Gasteiger partial charge < -0.3 is 20.1 Å². The first-order valence-corrected chi connectivity index (χ1v) is 13.4. The summed E-state index contributed by atoms with van der Waals surface area (Å²) in [6.45, 7) is 7.16. The van der Waals surface area contributed by atoms with Crippen molar-refractivity contribution in [1.29, 1.82) is 0 Å². The molecule has 1 atom stereocenters. The van der Waals surface area contributed by atoms with Crippen LogP contribution in [-0.2, 0) is 6.54 Å². The molecule has 2 N–H and O–H groups in total. The molecule has 2 aliphatic rings. The van der Waals surface area contributed by atoms with Crippen molar-refractivity contribution in [1.82, 2.24) is 29.7 Å². The van der Waals surface area contributed by atoms with Gasteiger partial charge in [-0.1, -0.05) is 6.07 Å². The van der Waals surface area contributed by atoms with Crippen LogP contribution < -0.4 is 10.2 Å². The van der Waals surface area contributed by atoms with Crippen molar-refractivity contribution in [3.05, 3.63) is 65.0 Å². The molecule has 1 aromatic carbocycles. The number of hydrogen-bond donors (Lipinski definition) is 2. The summed E-state index contributed by atoms with van der Waals surface area (Å²) in [7, 11) is 2.16. The largest absolute Gasteiger partial charge is 0.378 e. The van der Waals surface area contributed by atoms with Gasteiger partial charge in [0, 0.05) is 69.0 Å². The highest BCUT2D eigenvalue weighted by molar-refractivity contribution is 9.10. The average molecular weight is 548 g/mol. The Morgan fingerprint density at radius 2 is 1.86 bits per heavy atom. The first-order valence-electron chi connectivity index (χ1n) is 12.6. The molecule has 3 aromatic heterocycles. The molecule has 0 radical (unpaired) electrons. The van der Waals surface area contributed by atoms with E-state index in [1.54, 1.807) is 0 Å². The maximum absolute atomic E-state index is 4.95. The van der Waals surface area contributed by atoms with E-state index in [0.29, 0.717) is 6.04 Å². The minimum absolute atomic E-state index is 0.417. The summed E-state index contributed by atoms with van der Waals surface area (Å²) >= 11 is 3.68. The lowest BCUT2D eigenvalue weighted by Gasteiger charge is -2.36. The lowest BCUT2D eigenvalue weighted by Crippen LogP contribution is -2.46. The van der Waals surface area contributed by atoms with E-state index in [2.05, 4.69) is 94.3 Å². The van der Waals surface area contributed by atoms with E-state index in [9.17, 15) is 0 Å². The molecule has 0 saturated carbocycles. The Hall–Kier alpha value is -3.01. The lowest BCUT2D eigenvalue weighted by atomic mass is 10.1. The fraction of sp³-hybridized carbons (Fsp3) is 0.370. The zero-order chi connectivity index (χ0) is 24.5. The molecule has 2 fully saturated rings. The van der Waals surface area contributed by atoms with Crippen LogP contribution >= 0.6 is 15.9 Å². The molecule has 2 saturated heterocycles. The van der Waals surface area contributed by atoms with Crippen molar-refractivity contribution in [2.45, 2.75) is 19.0 Å². The maximum Gasteiger partial charge on any atom is 0.159 e. The van der Waals surface area contributed by atoms with Crippen LogP contribution in [0.5, 0.6) is 0 Å². The number of rotatable bonds is 6. The number of piperazine rings is 1. The number of anilines is 2. The van der Waals surface area contributed by atoms with Crippen molar-refractivity contribution in [2.75, 3.05) is 56.5 Å². The summed E-state index contributed by atoms with van der Waals surface area (Å²) in [5.74, 6) is 0.842. The van der Waals surface area contributed by atoms with Crippen molar-refractivity contribution in [3.8, 4) is 11.4 Å². The zero-order valence-corrected chi connectivity index (χ0v) is 22.1. The summed E-state index contributed by atoms with van der Waals surface area (Å²) in [5.41, 5.74) is 6.14. The number of aromatic amines is 1. The summed E-state index contributed by atoms with van der Waals surface area (Å²) in [6, 6.07) is 15.3. The van der Waals surface area contributed by atoms with Gasteiger partial charge in [-0.3, -0.25) is 9.88 Å². The van der Waals surface area contributed by atoms with Crippen LogP contribution in [0.4, 0.5) is 11.4 Å². The zero-order valence-electron chi connectivity index (χ0n) is 20.5. The van der Waals surface area contributed by atoms with Crippen LogP contribution in [-0.4, -0.2) is 82.1 Å². The fourth-order valence-electron chi connectivity index (χ4n) is 5.18. The molecule has 4 aromatic rings. The minimum atomic E-state index is 0.417. The summed E-state index contributed by atoms with van der Waals surface area (Å²) in [4.78, 5) is 24.7. The first kappa shape index (κ1) is 23.4. The van der Waals surface area contributed by atoms with Gasteiger partial charge in [0.15, 0.2) is 5.65 Å². The third-order valence-electron chi connectivity index (χ3n) is 7.20. The summed E-state index contributed by atoms with van der Waals surface area (Å²) < 4.78 is 0.945. The highest BCUT2D eigenvalue weighted by Crippen LogP contribution is 2.32. The molecule has 9 heteroatoms. The Bertz CT molecular complexity index is 1320. The second-order valence-electron chi connectivity index (χ2n) is 9.79. The Labute approximate surface area is 219 Å². The van der Waals surface area contributed by atoms with Crippen molar-refractivity contribution in [3.63, 3.8) is 0 Å². The number of halogens is 1. The Morgan fingerprint density at radius 1 is 1.03 bits per heavy atom. The number of fused-ring (bicyclic) bond motifs is 1. The SMILES string of the molecule is CN1CC[C@H](Nc2c(Br)cnc3[nH]c(-c4ccc(N5CCN(Cc6ccccn6)CC5)cc4)nc23)C1. The number of nitrogens with zero attached hydrogens (tertiary/aromatic N) is 6. The number of pyridine rings is 2. The number of likely N-dealkylation sites (N-methyl/N-ethyl adjacent to an activating group) is 1. The van der Waals surface area contributed by atoms with E-state index < -0.39 is 0 Å². The number of hydrogen-bond acceptors (Lipinski definition) is 7. The van der Waals surface area contributed by atoms with Gasteiger partial charge in [-0.15, -0.1) is 0 Å². The quantitative estimate of drug-likeness (QED) is 0.375. The van der Waals surface area contributed by atoms with E-state index in [-0.39, 0.29) is 0 Å². The molecule has 186 valence electrons. The Kier molecular flexibility index (Phi) is 6.60. The van der Waals surface area contributed by atoms with Gasteiger partial charge in [-0.25, -0.2) is 9.97 Å². The molecular formula is C27H31BrN8. The number of likely N-dealkylation sites (tertiary alicyclic amines) is 1. The van der Waals surface area contributed by atoms with Gasteiger partial charge in [-0.05, 0) is 72.3 Å². The van der Waals surface area contributed by atoms with Gasteiger partial charge in [0.05, 0.1) is 15.9 Å². The topological polar surface area (TPSA) is 76.2 Å². The third kappa shape index (κ3) is 4.96. The van der Waals surface area contributed by atoms with Crippen LogP contribution in [0.25, 0.3) is 22.6 Å². The Morgan fingerprint density at radius 3 is 2.58 bits per heavy atom. The molecule has 0 bridgehead atoms. The van der Waals surface area contributed by atoms with Crippen molar-refractivity contribution < 1.29 is 0 Å². The van der Waals surface area contributed by atoms with Crippen molar-refractivity contribution in [2.24, 2.45) is 0 Å². The van der Waals surface area contributed by atoms with Crippen LogP contribution in [0.3, 0.4) is 0 Å². The molecule has 5 heterocycles. The molecule has 2 aliphatic heterocycles. The van der Waals surface area contributed by atoms with Crippen LogP contribution in [0.15, 0.2) is 59.3 Å². The van der Waals surface area contributed by atoms with Crippen LogP contribution in [0.2, 0.25) is 0 Å². The Balaban J connectivity index is 1.14. The summed E-state index contributed by atoms with van der Waals surface area (Å²) in [6.07, 6.45) is 4.85. The second-order valence-corrected chi connectivity index (χ2v) is 10.6. The molecule has 0 unspecified atom stereocenters. The number of H-pyrrole nitrogens is 1. The van der Waals surface area contributed by atoms with E-state index >= 15 is 0 Å². The second kappa shape index (κ2) is 10.2. The normalized spacial score (nSPS) is 19.3. The first-order chi connectivity index (χ1) is 17.6. The van der Waals surface area contributed by atoms with Gasteiger partial charge in [0.2, 0.25) is 0 Å². The van der Waals surface area contributed by atoms with Crippen LogP contribution in [0.1, 0.15) is 12.1 Å². The number of nitrogens with one attached hydrogen (secondary N) is 2. The van der Waals surface area contributed by atoms with Crippen molar-refractivity contribution >= 4 is 38.5 Å². The number of aromatic nitrogens is 4. The molecule has 8 nitrogen and oxygen atoms in total. The average Bonchev–Trinajstić information content (AvgIpc) is 3.53. The lowest BCUT2D eigenvalue weighted by molar-refractivity contribution is 0.247. The molecule has 0 aliphatic carbocycles. The molecule has 0 spiro atoms. The number of imidazole rings is 1.